The van der Waals surface area contributed by atoms with Gasteiger partial charge in [0.1, 0.15) is 5.60 Å². The minimum absolute atomic E-state index is 0.00701. The minimum atomic E-state index is -0.562. The van der Waals surface area contributed by atoms with Crippen molar-refractivity contribution >= 4 is 23.5 Å². The summed E-state index contributed by atoms with van der Waals surface area (Å²) in [5, 5.41) is 5.59. The number of Topliss-reactive ketones (excluding diaryl/α,β-unsaturated/α-hetero) is 1. The largest absolute Gasteiger partial charge is 0.444 e. The van der Waals surface area contributed by atoms with Crippen molar-refractivity contribution in [3.05, 3.63) is 101 Å². The number of ether oxygens (including phenoxy) is 1. The molecule has 0 spiro atoms. The van der Waals surface area contributed by atoms with E-state index < -0.39 is 11.7 Å². The Morgan fingerprint density at radius 1 is 0.771 bits per heavy atom. The van der Waals surface area contributed by atoms with Crippen LogP contribution in [0.5, 0.6) is 0 Å². The first-order valence-corrected chi connectivity index (χ1v) is 11.6. The molecule has 2 N–H and O–H groups in total. The Morgan fingerprint density at radius 2 is 1.34 bits per heavy atom. The lowest BCUT2D eigenvalue weighted by molar-refractivity contribution is 0.0635. The molecule has 35 heavy (non-hydrogen) atoms. The smallest absolute Gasteiger partial charge is 0.412 e. The number of benzene rings is 3. The van der Waals surface area contributed by atoms with Gasteiger partial charge in [-0.15, -0.1) is 0 Å². The number of hydrogen-bond acceptors (Lipinski definition) is 4. The summed E-state index contributed by atoms with van der Waals surface area (Å²) in [6.07, 6.45) is 0.412. The molecule has 6 heteroatoms. The highest BCUT2D eigenvalue weighted by Crippen LogP contribution is 2.15. The lowest BCUT2D eigenvalue weighted by Crippen LogP contribution is -2.27. The van der Waals surface area contributed by atoms with Crippen LogP contribution >= 0.6 is 0 Å². The van der Waals surface area contributed by atoms with Crippen molar-refractivity contribution in [1.82, 2.24) is 5.32 Å². The predicted octanol–water partition coefficient (Wildman–Crippen LogP) is 6.09. The van der Waals surface area contributed by atoms with Gasteiger partial charge in [-0.3, -0.25) is 14.9 Å². The Hall–Kier alpha value is -3.93. The van der Waals surface area contributed by atoms with Gasteiger partial charge in [0.15, 0.2) is 5.78 Å². The molecule has 0 saturated carbocycles. The van der Waals surface area contributed by atoms with E-state index in [1.54, 1.807) is 36.4 Å². The van der Waals surface area contributed by atoms with Crippen molar-refractivity contribution in [3.63, 3.8) is 0 Å². The molecule has 0 unspecified atom stereocenters. The van der Waals surface area contributed by atoms with Crippen LogP contribution in [0.1, 0.15) is 64.6 Å². The molecule has 6 nitrogen and oxygen atoms in total. The van der Waals surface area contributed by atoms with Crippen molar-refractivity contribution in [1.29, 1.82) is 0 Å². The second-order valence-electron chi connectivity index (χ2n) is 9.49. The fourth-order valence-corrected chi connectivity index (χ4v) is 3.38. The Morgan fingerprint density at radius 3 is 1.94 bits per heavy atom. The van der Waals surface area contributed by atoms with Crippen LogP contribution in [0.3, 0.4) is 0 Å². The molecule has 2 amide bonds. The molecule has 0 saturated heterocycles. The molecule has 0 atom stereocenters. The van der Waals surface area contributed by atoms with E-state index >= 15 is 0 Å². The second-order valence-corrected chi connectivity index (χ2v) is 9.49. The Balaban J connectivity index is 1.47. The Labute approximate surface area is 206 Å². The predicted molar refractivity (Wildman–Crippen MR) is 138 cm³/mol. The topological polar surface area (TPSA) is 84.5 Å². The first kappa shape index (κ1) is 25.7. The third-order valence-corrected chi connectivity index (χ3v) is 5.28. The van der Waals surface area contributed by atoms with E-state index in [-0.39, 0.29) is 11.7 Å². The van der Waals surface area contributed by atoms with Crippen LogP contribution in [0.15, 0.2) is 72.8 Å². The highest BCUT2D eigenvalue weighted by Gasteiger charge is 2.16. The highest BCUT2D eigenvalue weighted by atomic mass is 16.6. The van der Waals surface area contributed by atoms with E-state index in [2.05, 4.69) is 10.6 Å². The van der Waals surface area contributed by atoms with Gasteiger partial charge < -0.3 is 10.1 Å². The molecule has 0 bridgehead atoms. The van der Waals surface area contributed by atoms with Crippen LogP contribution in [0.2, 0.25) is 0 Å². The van der Waals surface area contributed by atoms with E-state index in [9.17, 15) is 14.4 Å². The summed E-state index contributed by atoms with van der Waals surface area (Å²) in [6.45, 7) is 7.89. The average molecular weight is 473 g/mol. The van der Waals surface area contributed by atoms with Crippen LogP contribution in [0, 0.1) is 6.92 Å². The monoisotopic (exact) mass is 472 g/mol. The normalized spacial score (nSPS) is 11.0. The summed E-state index contributed by atoms with van der Waals surface area (Å²) in [5.41, 5.74) is 4.35. The van der Waals surface area contributed by atoms with Crippen LogP contribution in [-0.4, -0.2) is 23.4 Å². The lowest BCUT2D eigenvalue weighted by Gasteiger charge is -2.19. The number of rotatable bonds is 8. The van der Waals surface area contributed by atoms with Crippen molar-refractivity contribution in [2.45, 2.75) is 52.7 Å². The van der Waals surface area contributed by atoms with E-state index in [4.69, 9.17) is 4.74 Å². The van der Waals surface area contributed by atoms with Gasteiger partial charge >= 0.3 is 6.09 Å². The van der Waals surface area contributed by atoms with Gasteiger partial charge in [-0.2, -0.15) is 0 Å². The van der Waals surface area contributed by atoms with Crippen molar-refractivity contribution in [2.24, 2.45) is 0 Å². The Bertz CT molecular complexity index is 1160. The van der Waals surface area contributed by atoms with Gasteiger partial charge in [0.2, 0.25) is 0 Å². The maximum absolute atomic E-state index is 12.6. The quantitative estimate of drug-likeness (QED) is 0.389. The Kier molecular flexibility index (Phi) is 8.42. The molecule has 0 aliphatic heterocycles. The number of hydrogen-bond donors (Lipinski definition) is 2. The van der Waals surface area contributed by atoms with E-state index in [0.29, 0.717) is 36.2 Å². The van der Waals surface area contributed by atoms with Crippen LogP contribution < -0.4 is 10.6 Å². The van der Waals surface area contributed by atoms with Gasteiger partial charge in [-0.05, 0) is 69.5 Å². The molecule has 3 aromatic rings. The zero-order valence-electron chi connectivity index (χ0n) is 20.7. The highest BCUT2D eigenvalue weighted by molar-refractivity contribution is 5.98. The molecule has 0 aliphatic carbocycles. The third-order valence-electron chi connectivity index (χ3n) is 5.28. The van der Waals surface area contributed by atoms with Gasteiger partial charge in [-0.1, -0.05) is 54.1 Å². The number of aryl methyl sites for hydroxylation is 2. The maximum Gasteiger partial charge on any atom is 0.412 e. The molecule has 3 aromatic carbocycles. The molecular weight excluding hydrogens is 440 g/mol. The number of ketones is 1. The molecule has 3 rings (SSSR count). The maximum atomic E-state index is 12.6. The zero-order chi connectivity index (χ0) is 25.4. The number of carbonyl (C=O) groups is 3. The lowest BCUT2D eigenvalue weighted by atomic mass is 10.0. The zero-order valence-corrected chi connectivity index (χ0v) is 20.7. The summed E-state index contributed by atoms with van der Waals surface area (Å²) < 4.78 is 5.24. The summed E-state index contributed by atoms with van der Waals surface area (Å²) in [7, 11) is 0. The number of nitrogens with one attached hydrogen (secondary N) is 2. The van der Waals surface area contributed by atoms with Crippen molar-refractivity contribution < 1.29 is 19.1 Å². The minimum Gasteiger partial charge on any atom is -0.444 e. The number of carbonyl (C=O) groups excluding carboxylic acids is 3. The van der Waals surface area contributed by atoms with E-state index in [1.165, 1.54) is 5.56 Å². The fourth-order valence-electron chi connectivity index (χ4n) is 3.38. The van der Waals surface area contributed by atoms with Crippen molar-refractivity contribution in [3.8, 4) is 0 Å². The van der Waals surface area contributed by atoms with E-state index in [0.717, 1.165) is 11.1 Å². The summed E-state index contributed by atoms with van der Waals surface area (Å²) >= 11 is 0. The molecule has 0 aromatic heterocycles. The standard InChI is InChI=1S/C29H32N2O4/c1-20-5-7-22(8-6-20)19-30-27(33)24-14-12-23(13-15-24)26(32)18-11-21-9-16-25(17-10-21)31-28(34)35-29(2,3)4/h5-10,12-17H,11,18-19H2,1-4H3,(H,30,33)(H,31,34). The molecular formula is C29H32N2O4. The summed E-state index contributed by atoms with van der Waals surface area (Å²) in [5.74, 6) is -0.169. The summed E-state index contributed by atoms with van der Waals surface area (Å²) in [4.78, 5) is 36.9. The van der Waals surface area contributed by atoms with Crippen LogP contribution in [0.25, 0.3) is 0 Å². The molecule has 0 fully saturated rings. The average Bonchev–Trinajstić information content (AvgIpc) is 2.82. The summed E-state index contributed by atoms with van der Waals surface area (Å²) in [6, 6.07) is 22.1. The second kappa shape index (κ2) is 11.5. The van der Waals surface area contributed by atoms with Gasteiger partial charge in [0.05, 0.1) is 0 Å². The number of amides is 2. The molecule has 182 valence electrons. The van der Waals surface area contributed by atoms with Gasteiger partial charge in [-0.25, -0.2) is 4.79 Å². The third kappa shape index (κ3) is 8.41. The SMILES string of the molecule is Cc1ccc(CNC(=O)c2ccc(C(=O)CCc3ccc(NC(=O)OC(C)(C)C)cc3)cc2)cc1. The van der Waals surface area contributed by atoms with Crippen LogP contribution in [0.4, 0.5) is 10.5 Å². The van der Waals surface area contributed by atoms with Gasteiger partial charge in [0, 0.05) is 29.8 Å². The van der Waals surface area contributed by atoms with Crippen LogP contribution in [-0.2, 0) is 17.7 Å². The van der Waals surface area contributed by atoms with E-state index in [1.807, 2.05) is 64.1 Å². The fraction of sp³-hybridized carbons (Fsp3) is 0.276. The molecule has 0 heterocycles. The first-order chi connectivity index (χ1) is 16.6. The molecule has 0 aliphatic rings. The van der Waals surface area contributed by atoms with Crippen molar-refractivity contribution in [2.75, 3.05) is 5.32 Å². The first-order valence-electron chi connectivity index (χ1n) is 11.6. The van der Waals surface area contributed by atoms with Gasteiger partial charge in [0.25, 0.3) is 5.91 Å². The number of anilines is 1. The molecule has 0 radical (unpaired) electrons.